The standard InChI is InChI=1S/C33H42FN3O5S/c1-37-20-33(16-3-4-17-33)19-27(37)32(39)35-22-14-15-23(18-22)42-28-13-7-11-25(31(38)36-43(2,40)41)30(28)24-10-6-12-26(34)29(24)21-8-5-9-21/h6-7,10-13,21-23,27H,3-5,8-9,14-20H2,1-2H3,(H,35,39)(H,36,38)/t22-,23-,27-/m1/s1. The number of hydrogen-bond acceptors (Lipinski definition) is 6. The van der Waals surface area contributed by atoms with Crippen LogP contribution in [0.1, 0.15) is 92.5 Å². The Hall–Kier alpha value is -2.98. The van der Waals surface area contributed by atoms with Gasteiger partial charge in [-0.25, -0.2) is 17.5 Å². The van der Waals surface area contributed by atoms with E-state index in [1.54, 1.807) is 30.3 Å². The summed E-state index contributed by atoms with van der Waals surface area (Å²) in [5.74, 6) is -0.612. The predicted molar refractivity (Wildman–Crippen MR) is 163 cm³/mol. The van der Waals surface area contributed by atoms with Crippen molar-refractivity contribution in [1.82, 2.24) is 14.9 Å². The third-order valence-electron chi connectivity index (χ3n) is 10.1. The van der Waals surface area contributed by atoms with Gasteiger partial charge in [-0.1, -0.05) is 37.5 Å². The van der Waals surface area contributed by atoms with Gasteiger partial charge in [-0.3, -0.25) is 14.5 Å². The second-order valence-corrected chi connectivity index (χ2v) is 15.1. The molecule has 1 saturated heterocycles. The number of hydrogen-bond donors (Lipinski definition) is 2. The van der Waals surface area contributed by atoms with Crippen LogP contribution < -0.4 is 14.8 Å². The monoisotopic (exact) mass is 611 g/mol. The summed E-state index contributed by atoms with van der Waals surface area (Å²) >= 11 is 0. The number of benzene rings is 2. The van der Waals surface area contributed by atoms with Crippen molar-refractivity contribution in [3.05, 3.63) is 53.3 Å². The van der Waals surface area contributed by atoms with E-state index in [-0.39, 0.29) is 46.8 Å². The van der Waals surface area contributed by atoms with Crippen molar-refractivity contribution in [2.45, 2.75) is 94.7 Å². The molecule has 6 rings (SSSR count). The number of nitrogens with one attached hydrogen (secondary N) is 2. The van der Waals surface area contributed by atoms with Gasteiger partial charge in [0.1, 0.15) is 17.7 Å². The van der Waals surface area contributed by atoms with Gasteiger partial charge in [0.2, 0.25) is 15.9 Å². The molecule has 10 heteroatoms. The summed E-state index contributed by atoms with van der Waals surface area (Å²) in [5.41, 5.74) is 1.88. The summed E-state index contributed by atoms with van der Waals surface area (Å²) in [4.78, 5) is 28.8. The number of amides is 2. The van der Waals surface area contributed by atoms with Gasteiger partial charge in [0.15, 0.2) is 0 Å². The van der Waals surface area contributed by atoms with Crippen LogP contribution in [-0.2, 0) is 14.8 Å². The van der Waals surface area contributed by atoms with Crippen molar-refractivity contribution in [3.8, 4) is 16.9 Å². The van der Waals surface area contributed by atoms with Crippen molar-refractivity contribution in [1.29, 1.82) is 0 Å². The Morgan fingerprint density at radius 3 is 2.47 bits per heavy atom. The molecule has 1 heterocycles. The van der Waals surface area contributed by atoms with Gasteiger partial charge in [0, 0.05) is 24.6 Å². The maximum absolute atomic E-state index is 15.3. The highest BCUT2D eigenvalue weighted by atomic mass is 32.2. The minimum absolute atomic E-state index is 0.0223. The Kier molecular flexibility index (Phi) is 8.28. The number of carbonyl (C=O) groups excluding carboxylic acids is 2. The molecule has 3 saturated carbocycles. The largest absolute Gasteiger partial charge is 0.490 e. The Morgan fingerprint density at radius 2 is 1.77 bits per heavy atom. The van der Waals surface area contributed by atoms with Crippen LogP contribution in [0.3, 0.4) is 0 Å². The van der Waals surface area contributed by atoms with Crippen LogP contribution in [0.5, 0.6) is 5.75 Å². The lowest BCUT2D eigenvalue weighted by Crippen LogP contribution is -2.45. The molecule has 2 amide bonds. The normalized spacial score (nSPS) is 25.5. The minimum Gasteiger partial charge on any atom is -0.490 e. The fourth-order valence-corrected chi connectivity index (χ4v) is 8.34. The summed E-state index contributed by atoms with van der Waals surface area (Å²) in [6, 6.07) is 9.65. The fraction of sp³-hybridized carbons (Fsp3) is 0.576. The van der Waals surface area contributed by atoms with E-state index >= 15 is 4.39 Å². The number of rotatable bonds is 8. The molecule has 43 heavy (non-hydrogen) atoms. The number of carbonyl (C=O) groups is 2. The molecule has 0 unspecified atom stereocenters. The minimum atomic E-state index is -3.83. The summed E-state index contributed by atoms with van der Waals surface area (Å²) in [6.45, 7) is 0.983. The van der Waals surface area contributed by atoms with Gasteiger partial charge in [-0.2, -0.15) is 0 Å². The first-order valence-electron chi connectivity index (χ1n) is 15.6. The molecule has 0 aromatic heterocycles. The second-order valence-electron chi connectivity index (χ2n) is 13.3. The predicted octanol–water partition coefficient (Wildman–Crippen LogP) is 5.13. The Bertz CT molecular complexity index is 1500. The molecule has 1 spiro atoms. The number of halogens is 1. The summed E-state index contributed by atoms with van der Waals surface area (Å²) < 4.78 is 47.8. The molecular formula is C33H42FN3O5S. The zero-order valence-electron chi connectivity index (χ0n) is 25.0. The Morgan fingerprint density at radius 1 is 1.02 bits per heavy atom. The van der Waals surface area contributed by atoms with Crippen LogP contribution in [-0.4, -0.2) is 63.2 Å². The highest BCUT2D eigenvalue weighted by Gasteiger charge is 2.47. The van der Waals surface area contributed by atoms with Crippen LogP contribution in [0.4, 0.5) is 4.39 Å². The molecule has 1 aliphatic heterocycles. The highest BCUT2D eigenvalue weighted by Crippen LogP contribution is 2.48. The van der Waals surface area contributed by atoms with Crippen LogP contribution in [0.2, 0.25) is 0 Å². The quantitative estimate of drug-likeness (QED) is 0.429. The van der Waals surface area contributed by atoms with Gasteiger partial charge in [-0.05, 0) is 92.7 Å². The molecule has 0 radical (unpaired) electrons. The molecule has 2 aromatic rings. The van der Waals surface area contributed by atoms with E-state index in [0.717, 1.165) is 44.9 Å². The molecule has 3 aliphatic carbocycles. The Balaban J connectivity index is 1.23. The first kappa shape index (κ1) is 30.1. The van der Waals surface area contributed by atoms with Crippen molar-refractivity contribution in [2.75, 3.05) is 19.8 Å². The summed E-state index contributed by atoms with van der Waals surface area (Å²) in [6.07, 6.45) is 11.4. The molecule has 8 nitrogen and oxygen atoms in total. The number of likely N-dealkylation sites (tertiary alicyclic amines) is 1. The van der Waals surface area contributed by atoms with Crippen LogP contribution in [0, 0.1) is 11.2 Å². The van der Waals surface area contributed by atoms with Gasteiger partial charge >= 0.3 is 0 Å². The fourth-order valence-electron chi connectivity index (χ4n) is 7.89. The molecule has 4 fully saturated rings. The average Bonchev–Trinajstić information content (AvgIpc) is 3.64. The molecule has 3 atom stereocenters. The van der Waals surface area contributed by atoms with Crippen molar-refractivity contribution < 1.29 is 27.1 Å². The summed E-state index contributed by atoms with van der Waals surface area (Å²) in [5, 5.41) is 3.28. The van der Waals surface area contributed by atoms with Gasteiger partial charge < -0.3 is 10.1 Å². The van der Waals surface area contributed by atoms with Crippen molar-refractivity contribution in [2.24, 2.45) is 5.41 Å². The lowest BCUT2D eigenvalue weighted by molar-refractivity contribution is -0.125. The first-order valence-corrected chi connectivity index (χ1v) is 17.5. The first-order chi connectivity index (χ1) is 20.5. The van der Waals surface area contributed by atoms with E-state index in [1.807, 2.05) is 0 Å². The zero-order valence-corrected chi connectivity index (χ0v) is 25.8. The zero-order chi connectivity index (χ0) is 30.4. The SMILES string of the molecule is CN1CC2(CCCC2)C[C@@H]1C(=O)N[C@@H]1CC[C@@H](Oc2cccc(C(=O)NS(C)(=O)=O)c2-c2cccc(F)c2C2CCC2)C1. The van der Waals surface area contributed by atoms with E-state index in [0.29, 0.717) is 35.3 Å². The maximum Gasteiger partial charge on any atom is 0.265 e. The number of nitrogens with zero attached hydrogens (tertiary/aromatic N) is 1. The van der Waals surface area contributed by atoms with Crippen molar-refractivity contribution >= 4 is 21.8 Å². The number of ether oxygens (including phenoxy) is 1. The smallest absolute Gasteiger partial charge is 0.265 e. The molecule has 2 N–H and O–H groups in total. The molecule has 0 bridgehead atoms. The second kappa shape index (κ2) is 11.8. The maximum atomic E-state index is 15.3. The van der Waals surface area contributed by atoms with E-state index in [9.17, 15) is 18.0 Å². The van der Waals surface area contributed by atoms with Gasteiger partial charge in [0.25, 0.3) is 5.91 Å². The van der Waals surface area contributed by atoms with E-state index in [1.165, 1.54) is 31.7 Å². The molecule has 4 aliphatic rings. The molecular weight excluding hydrogens is 569 g/mol. The third-order valence-corrected chi connectivity index (χ3v) is 10.7. The van der Waals surface area contributed by atoms with E-state index in [2.05, 4.69) is 22.0 Å². The van der Waals surface area contributed by atoms with Gasteiger partial charge in [-0.15, -0.1) is 0 Å². The van der Waals surface area contributed by atoms with Crippen LogP contribution in [0.15, 0.2) is 36.4 Å². The lowest BCUT2D eigenvalue weighted by atomic mass is 9.76. The summed E-state index contributed by atoms with van der Waals surface area (Å²) in [7, 11) is -1.78. The van der Waals surface area contributed by atoms with E-state index < -0.39 is 15.9 Å². The van der Waals surface area contributed by atoms with Gasteiger partial charge in [0.05, 0.1) is 17.9 Å². The Labute approximate surface area is 253 Å². The third kappa shape index (κ3) is 6.32. The number of sulfonamides is 1. The lowest BCUT2D eigenvalue weighted by Gasteiger charge is -2.29. The highest BCUT2D eigenvalue weighted by molar-refractivity contribution is 7.89. The van der Waals surface area contributed by atoms with Crippen LogP contribution in [0.25, 0.3) is 11.1 Å². The number of likely N-dealkylation sites (N-methyl/N-ethyl adjacent to an activating group) is 1. The van der Waals surface area contributed by atoms with Crippen LogP contribution >= 0.6 is 0 Å². The van der Waals surface area contributed by atoms with Crippen molar-refractivity contribution in [3.63, 3.8) is 0 Å². The molecule has 232 valence electrons. The topological polar surface area (TPSA) is 105 Å². The molecule has 2 aromatic carbocycles. The van der Waals surface area contributed by atoms with E-state index in [4.69, 9.17) is 4.74 Å². The average molecular weight is 612 g/mol.